The van der Waals surface area contributed by atoms with Crippen molar-refractivity contribution in [1.29, 1.82) is 0 Å². The number of rotatable bonds is 8. The van der Waals surface area contributed by atoms with E-state index in [2.05, 4.69) is 24.4 Å². The van der Waals surface area contributed by atoms with Crippen molar-refractivity contribution in [2.75, 3.05) is 20.2 Å². The maximum atomic E-state index is 5.46. The fourth-order valence-electron chi connectivity index (χ4n) is 1.89. The van der Waals surface area contributed by atoms with Crippen LogP contribution in [0.15, 0.2) is 24.3 Å². The lowest BCUT2D eigenvalue weighted by Gasteiger charge is -2.15. The fraction of sp³-hybridized carbons (Fsp3) is 0.571. The summed E-state index contributed by atoms with van der Waals surface area (Å²) in [6.07, 6.45) is 3.23. The van der Waals surface area contributed by atoms with Crippen molar-refractivity contribution in [3.8, 4) is 5.75 Å². The molecule has 0 radical (unpaired) electrons. The minimum Gasteiger partial charge on any atom is -0.496 e. The average Bonchev–Trinajstić information content (AvgIpc) is 2.35. The molecule has 0 spiro atoms. The third kappa shape index (κ3) is 5.20. The topological polar surface area (TPSA) is 47.3 Å². The van der Waals surface area contributed by atoms with Gasteiger partial charge in [0.15, 0.2) is 0 Å². The number of para-hydroxylation sites is 1. The van der Waals surface area contributed by atoms with Gasteiger partial charge in [0.25, 0.3) is 0 Å². The van der Waals surface area contributed by atoms with E-state index in [9.17, 15) is 0 Å². The Morgan fingerprint density at radius 3 is 2.76 bits per heavy atom. The van der Waals surface area contributed by atoms with Gasteiger partial charge in [0.2, 0.25) is 0 Å². The molecule has 0 aliphatic rings. The molecule has 17 heavy (non-hydrogen) atoms. The lowest BCUT2D eigenvalue weighted by Crippen LogP contribution is -2.29. The summed E-state index contributed by atoms with van der Waals surface area (Å²) in [5.41, 5.74) is 6.72. The molecule has 1 aromatic rings. The summed E-state index contributed by atoms with van der Waals surface area (Å²) in [6, 6.07) is 8.65. The maximum Gasteiger partial charge on any atom is 0.122 e. The normalized spacial score (nSPS) is 12.4. The number of unbranched alkanes of at least 4 members (excludes halogenated alkanes) is 1. The van der Waals surface area contributed by atoms with Gasteiger partial charge in [-0.2, -0.15) is 0 Å². The van der Waals surface area contributed by atoms with E-state index in [0.717, 1.165) is 38.1 Å². The van der Waals surface area contributed by atoms with Crippen LogP contribution in [0.5, 0.6) is 5.75 Å². The zero-order valence-corrected chi connectivity index (χ0v) is 10.9. The number of benzene rings is 1. The Morgan fingerprint density at radius 1 is 1.29 bits per heavy atom. The summed E-state index contributed by atoms with van der Waals surface area (Å²) in [7, 11) is 1.72. The Labute approximate surface area is 104 Å². The van der Waals surface area contributed by atoms with Gasteiger partial charge in [0, 0.05) is 6.04 Å². The molecule has 1 rings (SSSR count). The summed E-state index contributed by atoms with van der Waals surface area (Å²) < 4.78 is 5.34. The van der Waals surface area contributed by atoms with Crippen LogP contribution in [0.2, 0.25) is 0 Å². The number of hydrogen-bond donors (Lipinski definition) is 2. The predicted octanol–water partition coefficient (Wildman–Crippen LogP) is 1.95. The van der Waals surface area contributed by atoms with Crippen molar-refractivity contribution in [3.63, 3.8) is 0 Å². The Balaban J connectivity index is 2.36. The van der Waals surface area contributed by atoms with Crippen molar-refractivity contribution >= 4 is 0 Å². The largest absolute Gasteiger partial charge is 0.496 e. The summed E-state index contributed by atoms with van der Waals surface area (Å²) in [5.74, 6) is 0.975. The van der Waals surface area contributed by atoms with Crippen LogP contribution >= 0.6 is 0 Å². The van der Waals surface area contributed by atoms with Crippen LogP contribution in [0.25, 0.3) is 0 Å². The van der Waals surface area contributed by atoms with E-state index >= 15 is 0 Å². The van der Waals surface area contributed by atoms with Gasteiger partial charge in [-0.15, -0.1) is 0 Å². The Morgan fingerprint density at radius 2 is 2.06 bits per heavy atom. The molecule has 0 aliphatic heterocycles. The van der Waals surface area contributed by atoms with Crippen LogP contribution in [-0.2, 0) is 6.42 Å². The lowest BCUT2D eigenvalue weighted by atomic mass is 10.1. The summed E-state index contributed by atoms with van der Waals surface area (Å²) >= 11 is 0. The lowest BCUT2D eigenvalue weighted by molar-refractivity contribution is 0.406. The van der Waals surface area contributed by atoms with Crippen molar-refractivity contribution in [2.45, 2.75) is 32.2 Å². The van der Waals surface area contributed by atoms with Gasteiger partial charge in [0.1, 0.15) is 5.75 Å². The molecule has 0 bridgehead atoms. The van der Waals surface area contributed by atoms with Crippen molar-refractivity contribution in [2.24, 2.45) is 5.73 Å². The monoisotopic (exact) mass is 236 g/mol. The SMILES string of the molecule is COc1ccccc1CC(C)NCCCCN. The van der Waals surface area contributed by atoms with Gasteiger partial charge < -0.3 is 15.8 Å². The third-order valence-electron chi connectivity index (χ3n) is 2.84. The molecule has 0 saturated carbocycles. The highest BCUT2D eigenvalue weighted by molar-refractivity contribution is 5.33. The fourth-order valence-corrected chi connectivity index (χ4v) is 1.89. The van der Waals surface area contributed by atoms with Crippen LogP contribution in [0.4, 0.5) is 0 Å². The maximum absolute atomic E-state index is 5.46. The average molecular weight is 236 g/mol. The summed E-state index contributed by atoms with van der Waals surface area (Å²) in [6.45, 7) is 4.02. The van der Waals surface area contributed by atoms with Gasteiger partial charge in [-0.1, -0.05) is 18.2 Å². The number of nitrogens with two attached hydrogens (primary N) is 1. The van der Waals surface area contributed by atoms with Crippen molar-refractivity contribution < 1.29 is 4.74 Å². The van der Waals surface area contributed by atoms with E-state index in [1.165, 1.54) is 5.56 Å². The van der Waals surface area contributed by atoms with E-state index in [1.807, 2.05) is 12.1 Å². The van der Waals surface area contributed by atoms with Gasteiger partial charge in [0.05, 0.1) is 7.11 Å². The molecule has 0 heterocycles. The minimum atomic E-state index is 0.462. The molecule has 0 amide bonds. The second kappa shape index (κ2) is 8.09. The third-order valence-corrected chi connectivity index (χ3v) is 2.84. The van der Waals surface area contributed by atoms with E-state index in [-0.39, 0.29) is 0 Å². The molecule has 1 atom stereocenters. The quantitative estimate of drug-likeness (QED) is 0.678. The van der Waals surface area contributed by atoms with E-state index in [4.69, 9.17) is 10.5 Å². The van der Waals surface area contributed by atoms with Crippen LogP contribution in [0.3, 0.4) is 0 Å². The molecular weight excluding hydrogens is 212 g/mol. The second-order valence-electron chi connectivity index (χ2n) is 4.37. The van der Waals surface area contributed by atoms with Crippen LogP contribution < -0.4 is 15.8 Å². The predicted molar refractivity (Wildman–Crippen MR) is 72.5 cm³/mol. The molecule has 3 nitrogen and oxygen atoms in total. The Hall–Kier alpha value is -1.06. The van der Waals surface area contributed by atoms with Crippen molar-refractivity contribution in [3.05, 3.63) is 29.8 Å². The highest BCUT2D eigenvalue weighted by atomic mass is 16.5. The first kappa shape index (κ1) is 14.0. The highest BCUT2D eigenvalue weighted by Crippen LogP contribution is 2.18. The first-order chi connectivity index (χ1) is 8.27. The molecule has 0 aromatic heterocycles. The number of nitrogens with one attached hydrogen (secondary N) is 1. The van der Waals surface area contributed by atoms with E-state index in [1.54, 1.807) is 7.11 Å². The second-order valence-corrected chi connectivity index (χ2v) is 4.37. The van der Waals surface area contributed by atoms with E-state index in [0.29, 0.717) is 6.04 Å². The standard InChI is InChI=1S/C14H24N2O/c1-12(16-10-6-5-9-15)11-13-7-3-4-8-14(13)17-2/h3-4,7-8,12,16H,5-6,9-11,15H2,1-2H3. The molecule has 96 valence electrons. The number of hydrogen-bond acceptors (Lipinski definition) is 3. The molecule has 1 aromatic carbocycles. The summed E-state index contributed by atoms with van der Waals surface area (Å²) in [5, 5.41) is 3.51. The van der Waals surface area contributed by atoms with E-state index < -0.39 is 0 Å². The van der Waals surface area contributed by atoms with Crippen molar-refractivity contribution in [1.82, 2.24) is 5.32 Å². The number of methoxy groups -OCH3 is 1. The molecule has 3 heteroatoms. The van der Waals surface area contributed by atoms with Gasteiger partial charge in [-0.25, -0.2) is 0 Å². The molecule has 0 saturated heterocycles. The molecular formula is C14H24N2O. The summed E-state index contributed by atoms with van der Waals surface area (Å²) in [4.78, 5) is 0. The first-order valence-corrected chi connectivity index (χ1v) is 6.33. The van der Waals surface area contributed by atoms with Gasteiger partial charge >= 0.3 is 0 Å². The zero-order chi connectivity index (χ0) is 12.5. The highest BCUT2D eigenvalue weighted by Gasteiger charge is 2.06. The molecule has 1 unspecified atom stereocenters. The van der Waals surface area contributed by atoms with Crippen LogP contribution in [0, 0.1) is 0 Å². The molecule has 0 aliphatic carbocycles. The minimum absolute atomic E-state index is 0.462. The molecule has 0 fully saturated rings. The zero-order valence-electron chi connectivity index (χ0n) is 10.9. The van der Waals surface area contributed by atoms with Gasteiger partial charge in [-0.05, 0) is 50.9 Å². The molecule has 3 N–H and O–H groups in total. The Bertz CT molecular complexity index is 315. The smallest absolute Gasteiger partial charge is 0.122 e. The van der Waals surface area contributed by atoms with Crippen LogP contribution in [-0.4, -0.2) is 26.2 Å². The first-order valence-electron chi connectivity index (χ1n) is 6.33. The van der Waals surface area contributed by atoms with Crippen LogP contribution in [0.1, 0.15) is 25.3 Å². The number of ether oxygens (including phenoxy) is 1. The van der Waals surface area contributed by atoms with Gasteiger partial charge in [-0.3, -0.25) is 0 Å². The Kier molecular flexibility index (Phi) is 6.67.